The number of imidazole rings is 1. The van der Waals surface area contributed by atoms with Crippen molar-refractivity contribution in [1.82, 2.24) is 34.8 Å². The number of fused-ring (bicyclic) bond motifs is 1. The van der Waals surface area contributed by atoms with E-state index in [1.807, 2.05) is 24.1 Å². The first kappa shape index (κ1) is 21.4. The van der Waals surface area contributed by atoms with Crippen LogP contribution in [0.4, 0.5) is 5.82 Å². The summed E-state index contributed by atoms with van der Waals surface area (Å²) in [5.74, 6) is 0.518. The van der Waals surface area contributed by atoms with E-state index in [9.17, 15) is 9.59 Å². The topological polar surface area (TPSA) is 138 Å². The Hall–Kier alpha value is -3.47. The molecule has 3 aromatic rings. The molecule has 4 N–H and O–H groups in total. The maximum absolute atomic E-state index is 13.3. The van der Waals surface area contributed by atoms with E-state index in [2.05, 4.69) is 20.2 Å². The first-order valence-electron chi connectivity index (χ1n) is 11.4. The Labute approximate surface area is 191 Å². The predicted molar refractivity (Wildman–Crippen MR) is 122 cm³/mol. The van der Waals surface area contributed by atoms with Gasteiger partial charge >= 0.3 is 0 Å². The fourth-order valence-electron chi connectivity index (χ4n) is 4.78. The second-order valence-corrected chi connectivity index (χ2v) is 8.85. The highest BCUT2D eigenvalue weighted by Gasteiger charge is 2.32. The Balaban J connectivity index is 1.44. The highest BCUT2D eigenvalue weighted by atomic mass is 16.2. The zero-order valence-corrected chi connectivity index (χ0v) is 18.9. The number of rotatable bonds is 4. The second-order valence-electron chi connectivity index (χ2n) is 8.85. The van der Waals surface area contributed by atoms with Gasteiger partial charge in [-0.1, -0.05) is 0 Å². The number of nitrogens with one attached hydrogen (secondary N) is 2. The van der Waals surface area contributed by atoms with Crippen molar-refractivity contribution < 1.29 is 9.59 Å². The van der Waals surface area contributed by atoms with Gasteiger partial charge < -0.3 is 25.8 Å². The number of carbonyl (C=O) groups is 2. The molecule has 11 nitrogen and oxygen atoms in total. The fraction of sp³-hybridized carbons (Fsp3) is 0.500. The van der Waals surface area contributed by atoms with E-state index in [-0.39, 0.29) is 29.7 Å². The molecule has 3 aromatic heterocycles. The molecule has 11 heteroatoms. The smallest absolute Gasteiger partial charge is 0.286 e. The summed E-state index contributed by atoms with van der Waals surface area (Å²) in [4.78, 5) is 40.9. The molecule has 0 spiro atoms. The molecule has 0 unspecified atom stereocenters. The molecule has 33 heavy (non-hydrogen) atoms. The zero-order valence-electron chi connectivity index (χ0n) is 18.9. The summed E-state index contributed by atoms with van der Waals surface area (Å²) in [7, 11) is 1.52. The molecule has 2 fully saturated rings. The van der Waals surface area contributed by atoms with Gasteiger partial charge in [0, 0.05) is 50.6 Å². The molecular formula is C22H29N9O2. The number of hydrogen-bond acceptors (Lipinski definition) is 7. The molecule has 2 aliphatic rings. The average Bonchev–Trinajstić information content (AvgIpc) is 3.57. The lowest BCUT2D eigenvalue weighted by molar-refractivity contribution is 0.0600. The summed E-state index contributed by atoms with van der Waals surface area (Å²) in [5, 5.41) is 7.29. The van der Waals surface area contributed by atoms with Gasteiger partial charge in [-0.15, -0.1) is 0 Å². The summed E-state index contributed by atoms with van der Waals surface area (Å²) in [6.45, 7) is 4.36. The predicted octanol–water partition coefficient (Wildman–Crippen LogP) is 1.03. The summed E-state index contributed by atoms with van der Waals surface area (Å²) in [6, 6.07) is 1.98. The molecule has 2 atom stereocenters. The Bertz CT molecular complexity index is 1200. The van der Waals surface area contributed by atoms with Crippen LogP contribution in [0.3, 0.4) is 0 Å². The molecule has 0 bridgehead atoms. The minimum Gasteiger partial charge on any atom is -0.355 e. The standard InChI is InChI=1S/C22H29N9O2/c1-13-11-31-18(27-20(13)29-8-6-14(23)12-29)9-15(28-31)17-5-3-4-7-30(17)22(33)16-10-25-19(26-16)21(32)24-2/h9-11,14,17H,3-8,12,23H2,1-2H3,(H,24,32)(H,25,26)/t14-,17-/m0/s1. The van der Waals surface area contributed by atoms with Crippen LogP contribution >= 0.6 is 0 Å². The van der Waals surface area contributed by atoms with Crippen LogP contribution in [0.5, 0.6) is 0 Å². The number of amides is 2. The highest BCUT2D eigenvalue weighted by molar-refractivity contribution is 5.95. The number of aryl methyl sites for hydroxylation is 1. The number of aromatic nitrogens is 5. The maximum Gasteiger partial charge on any atom is 0.286 e. The fourth-order valence-corrected chi connectivity index (χ4v) is 4.78. The number of hydrogen-bond donors (Lipinski definition) is 3. The van der Waals surface area contributed by atoms with Crippen LogP contribution in [-0.2, 0) is 0 Å². The number of likely N-dealkylation sites (tertiary alicyclic amines) is 1. The lowest BCUT2D eigenvalue weighted by Crippen LogP contribution is -2.39. The van der Waals surface area contributed by atoms with Gasteiger partial charge in [0.25, 0.3) is 11.8 Å². The lowest BCUT2D eigenvalue weighted by Gasteiger charge is -2.34. The first-order chi connectivity index (χ1) is 15.9. The molecule has 0 radical (unpaired) electrons. The summed E-state index contributed by atoms with van der Waals surface area (Å²) in [5.41, 5.74) is 9.00. The van der Waals surface area contributed by atoms with Gasteiger partial charge in [-0.2, -0.15) is 5.10 Å². The second kappa shape index (κ2) is 8.47. The summed E-state index contributed by atoms with van der Waals surface area (Å²) < 4.78 is 1.79. The molecular weight excluding hydrogens is 422 g/mol. The quantitative estimate of drug-likeness (QED) is 0.538. The number of H-pyrrole nitrogens is 1. The number of aromatic amines is 1. The normalized spacial score (nSPS) is 21.1. The Kier molecular flexibility index (Phi) is 5.49. The lowest BCUT2D eigenvalue weighted by atomic mass is 9.99. The van der Waals surface area contributed by atoms with E-state index in [1.165, 1.54) is 13.2 Å². The number of nitrogens with two attached hydrogens (primary N) is 1. The average molecular weight is 452 g/mol. The van der Waals surface area contributed by atoms with Gasteiger partial charge in [-0.05, 0) is 32.6 Å². The van der Waals surface area contributed by atoms with Crippen LogP contribution in [0.2, 0.25) is 0 Å². The van der Waals surface area contributed by atoms with Crippen molar-refractivity contribution in [3.05, 3.63) is 41.2 Å². The summed E-state index contributed by atoms with van der Waals surface area (Å²) in [6.07, 6.45) is 7.12. The van der Waals surface area contributed by atoms with Crippen LogP contribution < -0.4 is 16.0 Å². The zero-order chi connectivity index (χ0) is 23.1. The van der Waals surface area contributed by atoms with Crippen LogP contribution in [0.1, 0.15) is 64.1 Å². The van der Waals surface area contributed by atoms with Crippen molar-refractivity contribution in [3.8, 4) is 0 Å². The third-order valence-corrected chi connectivity index (χ3v) is 6.50. The SMILES string of the molecule is CNC(=O)c1ncc(C(=O)N2CCCC[C@H]2c2cc3nc(N4CC[C@H](N)C4)c(C)cn3n2)[nH]1. The van der Waals surface area contributed by atoms with Crippen LogP contribution in [0, 0.1) is 6.92 Å². The minimum absolute atomic E-state index is 0.121. The van der Waals surface area contributed by atoms with Gasteiger partial charge in [-0.25, -0.2) is 14.5 Å². The van der Waals surface area contributed by atoms with Crippen molar-refractivity contribution in [2.75, 3.05) is 31.6 Å². The van der Waals surface area contributed by atoms with Crippen LogP contribution in [-0.4, -0.2) is 74.0 Å². The van der Waals surface area contributed by atoms with E-state index >= 15 is 0 Å². The van der Waals surface area contributed by atoms with E-state index in [4.69, 9.17) is 15.8 Å². The van der Waals surface area contributed by atoms with E-state index < -0.39 is 0 Å². The largest absolute Gasteiger partial charge is 0.355 e. The monoisotopic (exact) mass is 451 g/mol. The molecule has 5 rings (SSSR count). The van der Waals surface area contributed by atoms with Gasteiger partial charge in [0.05, 0.1) is 17.9 Å². The van der Waals surface area contributed by atoms with Gasteiger partial charge in [0.2, 0.25) is 0 Å². The Morgan fingerprint density at radius 1 is 1.24 bits per heavy atom. The van der Waals surface area contributed by atoms with Crippen molar-refractivity contribution in [1.29, 1.82) is 0 Å². The van der Waals surface area contributed by atoms with Crippen molar-refractivity contribution in [2.45, 2.75) is 44.7 Å². The minimum atomic E-state index is -0.360. The van der Waals surface area contributed by atoms with Crippen LogP contribution in [0.25, 0.3) is 5.65 Å². The van der Waals surface area contributed by atoms with Crippen LogP contribution in [0.15, 0.2) is 18.5 Å². The third-order valence-electron chi connectivity index (χ3n) is 6.50. The number of nitrogens with zero attached hydrogens (tertiary/aromatic N) is 6. The number of piperidine rings is 1. The molecule has 0 saturated carbocycles. The molecule has 0 aromatic carbocycles. The first-order valence-corrected chi connectivity index (χ1v) is 11.4. The number of anilines is 1. The van der Waals surface area contributed by atoms with E-state index in [0.29, 0.717) is 12.2 Å². The van der Waals surface area contributed by atoms with Crippen molar-refractivity contribution >= 4 is 23.3 Å². The highest BCUT2D eigenvalue weighted by Crippen LogP contribution is 2.32. The Morgan fingerprint density at radius 3 is 2.85 bits per heavy atom. The summed E-state index contributed by atoms with van der Waals surface area (Å²) >= 11 is 0. The van der Waals surface area contributed by atoms with E-state index in [1.54, 1.807) is 4.52 Å². The molecule has 2 amide bonds. The molecule has 0 aliphatic carbocycles. The molecule has 2 saturated heterocycles. The van der Waals surface area contributed by atoms with E-state index in [0.717, 1.165) is 61.5 Å². The van der Waals surface area contributed by atoms with Gasteiger partial charge in [0.15, 0.2) is 11.5 Å². The maximum atomic E-state index is 13.3. The molecule has 5 heterocycles. The third kappa shape index (κ3) is 3.92. The van der Waals surface area contributed by atoms with Gasteiger partial charge in [-0.3, -0.25) is 9.59 Å². The Morgan fingerprint density at radius 2 is 2.09 bits per heavy atom. The molecule has 174 valence electrons. The van der Waals surface area contributed by atoms with Gasteiger partial charge in [0.1, 0.15) is 11.5 Å². The van der Waals surface area contributed by atoms with Crippen molar-refractivity contribution in [3.63, 3.8) is 0 Å². The number of carbonyl (C=O) groups excluding carboxylic acids is 2. The molecule has 2 aliphatic heterocycles. The van der Waals surface area contributed by atoms with Crippen molar-refractivity contribution in [2.24, 2.45) is 5.73 Å².